The van der Waals surface area contributed by atoms with E-state index in [4.69, 9.17) is 5.73 Å². The maximum absolute atomic E-state index is 11.9. The van der Waals surface area contributed by atoms with Crippen molar-refractivity contribution < 1.29 is 4.79 Å². The minimum absolute atomic E-state index is 0.0504. The van der Waals surface area contributed by atoms with Gasteiger partial charge in [-0.15, -0.1) is 0 Å². The van der Waals surface area contributed by atoms with Crippen LogP contribution in [0.15, 0.2) is 30.3 Å². The van der Waals surface area contributed by atoms with Gasteiger partial charge in [-0.1, -0.05) is 30.3 Å². The van der Waals surface area contributed by atoms with Gasteiger partial charge in [0.25, 0.3) is 0 Å². The summed E-state index contributed by atoms with van der Waals surface area (Å²) in [6.07, 6.45) is 3.55. The molecule has 1 amide bonds. The lowest BCUT2D eigenvalue weighted by Crippen LogP contribution is -2.45. The Kier molecular flexibility index (Phi) is 6.38. The predicted octanol–water partition coefficient (Wildman–Crippen LogP) is 2.20. The summed E-state index contributed by atoms with van der Waals surface area (Å²) >= 11 is 1.74. The lowest BCUT2D eigenvalue weighted by molar-refractivity contribution is -0.122. The maximum atomic E-state index is 11.9. The van der Waals surface area contributed by atoms with Crippen LogP contribution in [0.5, 0.6) is 0 Å². The summed E-state index contributed by atoms with van der Waals surface area (Å²) in [5.41, 5.74) is 7.13. The highest BCUT2D eigenvalue weighted by Crippen LogP contribution is 2.19. The molecule has 1 unspecified atom stereocenters. The van der Waals surface area contributed by atoms with Crippen molar-refractivity contribution in [2.24, 2.45) is 5.73 Å². The summed E-state index contributed by atoms with van der Waals surface area (Å²) in [7, 11) is 0. The van der Waals surface area contributed by atoms with Gasteiger partial charge in [-0.25, -0.2) is 0 Å². The molecule has 1 rings (SSSR count). The van der Waals surface area contributed by atoms with E-state index in [0.717, 1.165) is 6.42 Å². The standard InChI is InChI=1S/C15H24N2OS/c1-15(2,19-3)11-17-14(18)13(16)10-9-12-7-5-4-6-8-12/h4-8,13H,9-11,16H2,1-3H3,(H,17,18). The molecule has 0 saturated heterocycles. The molecule has 0 heterocycles. The number of nitrogens with two attached hydrogens (primary N) is 1. The van der Waals surface area contributed by atoms with Crippen molar-refractivity contribution in [1.82, 2.24) is 5.32 Å². The van der Waals surface area contributed by atoms with Crippen molar-refractivity contribution in [3.05, 3.63) is 35.9 Å². The Morgan fingerprint density at radius 3 is 2.58 bits per heavy atom. The average molecular weight is 280 g/mol. The summed E-state index contributed by atoms with van der Waals surface area (Å²) in [6, 6.07) is 9.67. The van der Waals surface area contributed by atoms with E-state index in [1.807, 2.05) is 24.5 Å². The van der Waals surface area contributed by atoms with Crippen LogP contribution in [-0.2, 0) is 11.2 Å². The molecule has 1 atom stereocenters. The highest BCUT2D eigenvalue weighted by molar-refractivity contribution is 7.99. The minimum Gasteiger partial charge on any atom is -0.353 e. The van der Waals surface area contributed by atoms with Crippen LogP contribution in [0.25, 0.3) is 0 Å². The fourth-order valence-corrected chi connectivity index (χ4v) is 1.82. The quantitative estimate of drug-likeness (QED) is 0.805. The Labute approximate surface area is 120 Å². The third-order valence-electron chi connectivity index (χ3n) is 3.16. The lowest BCUT2D eigenvalue weighted by Gasteiger charge is -2.23. The number of nitrogens with one attached hydrogen (secondary N) is 1. The summed E-state index contributed by atoms with van der Waals surface area (Å²) in [6.45, 7) is 4.85. The summed E-state index contributed by atoms with van der Waals surface area (Å²) in [5.74, 6) is -0.0574. The molecule has 0 bridgehead atoms. The van der Waals surface area contributed by atoms with Crippen molar-refractivity contribution in [2.45, 2.75) is 37.5 Å². The Morgan fingerprint density at radius 1 is 1.37 bits per heavy atom. The molecule has 0 radical (unpaired) electrons. The van der Waals surface area contributed by atoms with Crippen LogP contribution >= 0.6 is 11.8 Å². The first-order valence-electron chi connectivity index (χ1n) is 6.57. The van der Waals surface area contributed by atoms with E-state index in [2.05, 4.69) is 31.3 Å². The van der Waals surface area contributed by atoms with Crippen LogP contribution in [0.2, 0.25) is 0 Å². The zero-order valence-corrected chi connectivity index (χ0v) is 12.8. The summed E-state index contributed by atoms with van der Waals surface area (Å²) in [5, 5.41) is 2.93. The van der Waals surface area contributed by atoms with Crippen LogP contribution in [0.1, 0.15) is 25.8 Å². The molecule has 0 aliphatic carbocycles. The fraction of sp³-hybridized carbons (Fsp3) is 0.533. The third kappa shape index (κ3) is 6.12. The predicted molar refractivity (Wildman–Crippen MR) is 83.3 cm³/mol. The van der Waals surface area contributed by atoms with Crippen molar-refractivity contribution in [1.29, 1.82) is 0 Å². The van der Waals surface area contributed by atoms with Crippen molar-refractivity contribution in [2.75, 3.05) is 12.8 Å². The molecule has 4 heteroatoms. The van der Waals surface area contributed by atoms with Gasteiger partial charge in [0.05, 0.1) is 6.04 Å². The summed E-state index contributed by atoms with van der Waals surface area (Å²) in [4.78, 5) is 11.9. The molecule has 0 saturated carbocycles. The van der Waals surface area contributed by atoms with Crippen LogP contribution in [0.4, 0.5) is 0 Å². The molecule has 0 aromatic heterocycles. The second-order valence-electron chi connectivity index (χ2n) is 5.31. The van der Waals surface area contributed by atoms with Crippen molar-refractivity contribution in [3.63, 3.8) is 0 Å². The third-order valence-corrected chi connectivity index (χ3v) is 4.41. The van der Waals surface area contributed by atoms with Gasteiger partial charge < -0.3 is 11.1 Å². The lowest BCUT2D eigenvalue weighted by atomic mass is 10.1. The van der Waals surface area contributed by atoms with Crippen LogP contribution in [0, 0.1) is 0 Å². The summed E-state index contributed by atoms with van der Waals surface area (Å²) < 4.78 is 0.0504. The van der Waals surface area contributed by atoms with Crippen LogP contribution < -0.4 is 11.1 Å². The maximum Gasteiger partial charge on any atom is 0.236 e. The van der Waals surface area contributed by atoms with Gasteiger partial charge in [0.1, 0.15) is 0 Å². The van der Waals surface area contributed by atoms with Crippen LogP contribution in [-0.4, -0.2) is 29.5 Å². The molecule has 19 heavy (non-hydrogen) atoms. The van der Waals surface area contributed by atoms with Gasteiger partial charge in [0.2, 0.25) is 5.91 Å². The highest BCUT2D eigenvalue weighted by atomic mass is 32.2. The van der Waals surface area contributed by atoms with Gasteiger partial charge in [-0.2, -0.15) is 11.8 Å². The minimum atomic E-state index is -0.433. The molecule has 3 nitrogen and oxygen atoms in total. The molecule has 0 spiro atoms. The van der Waals surface area contributed by atoms with E-state index in [-0.39, 0.29) is 10.7 Å². The van der Waals surface area contributed by atoms with Crippen molar-refractivity contribution in [3.8, 4) is 0 Å². The number of thioether (sulfide) groups is 1. The smallest absolute Gasteiger partial charge is 0.236 e. The molecule has 0 aliphatic heterocycles. The zero-order valence-electron chi connectivity index (χ0n) is 12.0. The second kappa shape index (κ2) is 7.56. The normalized spacial score (nSPS) is 13.1. The van der Waals surface area contributed by atoms with E-state index < -0.39 is 6.04 Å². The molecular weight excluding hydrogens is 256 g/mol. The first-order valence-corrected chi connectivity index (χ1v) is 7.79. The average Bonchev–Trinajstić information content (AvgIpc) is 2.43. The van der Waals surface area contributed by atoms with E-state index in [9.17, 15) is 4.79 Å². The number of carbonyl (C=O) groups excluding carboxylic acids is 1. The van der Waals surface area contributed by atoms with E-state index >= 15 is 0 Å². The van der Waals surface area contributed by atoms with Gasteiger partial charge >= 0.3 is 0 Å². The van der Waals surface area contributed by atoms with Gasteiger partial charge in [0.15, 0.2) is 0 Å². The molecule has 106 valence electrons. The number of amides is 1. The molecule has 0 fully saturated rings. The molecular formula is C15H24N2OS. The fourth-order valence-electron chi connectivity index (χ4n) is 1.60. The van der Waals surface area contributed by atoms with E-state index in [1.54, 1.807) is 11.8 Å². The topological polar surface area (TPSA) is 55.1 Å². The van der Waals surface area contributed by atoms with Gasteiger partial charge in [-0.05, 0) is 38.5 Å². The number of hydrogen-bond donors (Lipinski definition) is 2. The molecule has 3 N–H and O–H groups in total. The number of benzene rings is 1. The molecule has 1 aromatic carbocycles. The van der Waals surface area contributed by atoms with E-state index in [0.29, 0.717) is 13.0 Å². The monoisotopic (exact) mass is 280 g/mol. The van der Waals surface area contributed by atoms with E-state index in [1.165, 1.54) is 5.56 Å². The van der Waals surface area contributed by atoms with Gasteiger partial charge in [0, 0.05) is 11.3 Å². The number of aryl methyl sites for hydroxylation is 1. The first kappa shape index (κ1) is 16.1. The number of carbonyl (C=O) groups is 1. The first-order chi connectivity index (χ1) is 8.94. The zero-order chi connectivity index (χ0) is 14.3. The SMILES string of the molecule is CSC(C)(C)CNC(=O)C(N)CCc1ccccc1. The Morgan fingerprint density at radius 2 is 2.00 bits per heavy atom. The van der Waals surface area contributed by atoms with Crippen molar-refractivity contribution >= 4 is 17.7 Å². The van der Waals surface area contributed by atoms with Crippen LogP contribution in [0.3, 0.4) is 0 Å². The molecule has 0 aliphatic rings. The largest absolute Gasteiger partial charge is 0.353 e. The Bertz CT molecular complexity index is 392. The second-order valence-corrected chi connectivity index (χ2v) is 6.83. The number of rotatable bonds is 7. The highest BCUT2D eigenvalue weighted by Gasteiger charge is 2.19. The number of hydrogen-bond acceptors (Lipinski definition) is 3. The molecule has 1 aromatic rings. The Hall–Kier alpha value is -1.00. The van der Waals surface area contributed by atoms with Gasteiger partial charge in [-0.3, -0.25) is 4.79 Å². The Balaban J connectivity index is 2.33.